The van der Waals surface area contributed by atoms with Crippen LogP contribution in [-0.4, -0.2) is 0 Å². The first-order chi connectivity index (χ1) is 33.7. The molecule has 0 radical (unpaired) electrons. The SMILES string of the molecule is c1ccc(-c2c3ccccc3c(-c3cccc(-c4cccc(-c5cccc(-c6cccc(-c7c8ccccc8c(-c8ccc9ccccc9c8)c8ccccc78)c6)c5)c4)c3)c3ccccc23)cc1. The van der Waals surface area contributed by atoms with E-state index in [2.05, 4.69) is 267 Å². The van der Waals surface area contributed by atoms with Crippen molar-refractivity contribution in [2.75, 3.05) is 0 Å². The lowest BCUT2D eigenvalue weighted by Gasteiger charge is -2.18. The number of benzene rings is 13. The minimum Gasteiger partial charge on any atom is -0.0622 e. The van der Waals surface area contributed by atoms with Crippen LogP contribution in [0.2, 0.25) is 0 Å². The second kappa shape index (κ2) is 16.5. The van der Waals surface area contributed by atoms with Gasteiger partial charge in [0.1, 0.15) is 0 Å². The standard InChI is InChI=1S/C68H44/c1-2-19-46(20-3-1)65-57-30-6-8-32-59(57)66(60-33-9-7-31-58(60)65)54-28-16-26-52(43-54)50-24-14-22-48(40-50)49-23-15-25-51(41-49)53-27-17-29-55(44-53)67-61-34-10-12-36-63(61)68(64-37-13-11-35-62(64)67)56-39-38-45-18-4-5-21-47(45)42-56/h1-44H. The van der Waals surface area contributed by atoms with Crippen LogP contribution in [-0.2, 0) is 0 Å². The first-order valence-corrected chi connectivity index (χ1v) is 23.6. The zero-order chi connectivity index (χ0) is 45.0. The summed E-state index contributed by atoms with van der Waals surface area (Å²) in [6.07, 6.45) is 0. The number of hydrogen-bond acceptors (Lipinski definition) is 0. The summed E-state index contributed by atoms with van der Waals surface area (Å²) in [4.78, 5) is 0. The second-order valence-corrected chi connectivity index (χ2v) is 17.9. The Bertz CT molecular complexity index is 3970. The molecular weight excluding hydrogens is 817 g/mol. The van der Waals surface area contributed by atoms with E-state index in [1.165, 1.54) is 132 Å². The summed E-state index contributed by atoms with van der Waals surface area (Å²) in [6.45, 7) is 0. The van der Waals surface area contributed by atoms with Gasteiger partial charge in [-0.25, -0.2) is 0 Å². The molecule has 0 saturated heterocycles. The highest BCUT2D eigenvalue weighted by molar-refractivity contribution is 6.23. The van der Waals surface area contributed by atoms with E-state index in [0.29, 0.717) is 0 Å². The van der Waals surface area contributed by atoms with Crippen molar-refractivity contribution in [2.24, 2.45) is 0 Å². The molecule has 0 aliphatic carbocycles. The maximum atomic E-state index is 2.38. The molecule has 0 fully saturated rings. The zero-order valence-electron chi connectivity index (χ0n) is 37.4. The Morgan fingerprint density at radius 3 is 0.750 bits per heavy atom. The van der Waals surface area contributed by atoms with Crippen LogP contribution in [0.5, 0.6) is 0 Å². The van der Waals surface area contributed by atoms with E-state index >= 15 is 0 Å². The summed E-state index contributed by atoms with van der Waals surface area (Å²) in [6, 6.07) is 98.3. The maximum Gasteiger partial charge on any atom is -0.00262 e. The molecule has 316 valence electrons. The topological polar surface area (TPSA) is 0 Å². The molecule has 0 unspecified atom stereocenters. The van der Waals surface area contributed by atoms with Gasteiger partial charge in [-0.15, -0.1) is 0 Å². The van der Waals surface area contributed by atoms with Crippen molar-refractivity contribution in [1.82, 2.24) is 0 Å². The molecule has 0 aliphatic heterocycles. The van der Waals surface area contributed by atoms with Crippen LogP contribution in [0.15, 0.2) is 267 Å². The van der Waals surface area contributed by atoms with Crippen molar-refractivity contribution in [1.29, 1.82) is 0 Å². The van der Waals surface area contributed by atoms with Crippen LogP contribution >= 0.6 is 0 Å². The summed E-state index contributed by atoms with van der Waals surface area (Å²) in [5.41, 5.74) is 17.1. The van der Waals surface area contributed by atoms with E-state index in [9.17, 15) is 0 Å². The molecule has 0 N–H and O–H groups in total. The summed E-state index contributed by atoms with van der Waals surface area (Å²) in [5.74, 6) is 0. The molecule has 0 amide bonds. The molecular formula is C68H44. The summed E-state index contributed by atoms with van der Waals surface area (Å²) >= 11 is 0. The van der Waals surface area contributed by atoms with E-state index < -0.39 is 0 Å². The highest BCUT2D eigenvalue weighted by Gasteiger charge is 2.19. The third kappa shape index (κ3) is 6.77. The molecule has 0 aliphatic rings. The van der Waals surface area contributed by atoms with E-state index in [0.717, 1.165) is 0 Å². The Hall–Kier alpha value is -8.84. The van der Waals surface area contributed by atoms with Crippen LogP contribution in [0.1, 0.15) is 0 Å². The Kier molecular flexibility index (Phi) is 9.62. The fourth-order valence-corrected chi connectivity index (χ4v) is 10.9. The number of fused-ring (bicyclic) bond motifs is 5. The predicted octanol–water partition coefficient (Wildman–Crippen LogP) is 19.1. The molecule has 0 bridgehead atoms. The number of hydrogen-bond donors (Lipinski definition) is 0. The van der Waals surface area contributed by atoms with Gasteiger partial charge in [0.05, 0.1) is 0 Å². The van der Waals surface area contributed by atoms with Crippen LogP contribution in [0.25, 0.3) is 132 Å². The Labute approximate surface area is 396 Å². The van der Waals surface area contributed by atoms with Crippen molar-refractivity contribution >= 4 is 53.9 Å². The molecule has 0 heteroatoms. The molecule has 0 aromatic heterocycles. The monoisotopic (exact) mass is 860 g/mol. The van der Waals surface area contributed by atoms with E-state index in [4.69, 9.17) is 0 Å². The maximum absolute atomic E-state index is 2.38. The largest absolute Gasteiger partial charge is 0.0622 e. The van der Waals surface area contributed by atoms with Crippen molar-refractivity contribution in [3.8, 4) is 77.9 Å². The molecule has 0 atom stereocenters. The first kappa shape index (κ1) is 39.5. The Morgan fingerprint density at radius 2 is 0.382 bits per heavy atom. The van der Waals surface area contributed by atoms with Crippen LogP contribution in [0.3, 0.4) is 0 Å². The van der Waals surface area contributed by atoms with Crippen LogP contribution in [0, 0.1) is 0 Å². The molecule has 0 spiro atoms. The third-order valence-electron chi connectivity index (χ3n) is 14.0. The van der Waals surface area contributed by atoms with Gasteiger partial charge in [-0.1, -0.05) is 237 Å². The van der Waals surface area contributed by atoms with Gasteiger partial charge in [0.2, 0.25) is 0 Å². The van der Waals surface area contributed by atoms with Gasteiger partial charge < -0.3 is 0 Å². The number of rotatable bonds is 7. The highest BCUT2D eigenvalue weighted by atomic mass is 14.2. The minimum atomic E-state index is 1.19. The molecule has 0 nitrogen and oxygen atoms in total. The van der Waals surface area contributed by atoms with E-state index in [1.807, 2.05) is 0 Å². The fourth-order valence-electron chi connectivity index (χ4n) is 10.9. The first-order valence-electron chi connectivity index (χ1n) is 23.6. The average molecular weight is 861 g/mol. The van der Waals surface area contributed by atoms with E-state index in [-0.39, 0.29) is 0 Å². The quantitative estimate of drug-likeness (QED) is 0.140. The molecule has 0 saturated carbocycles. The van der Waals surface area contributed by atoms with Gasteiger partial charge >= 0.3 is 0 Å². The van der Waals surface area contributed by atoms with Crippen LogP contribution in [0.4, 0.5) is 0 Å². The third-order valence-corrected chi connectivity index (χ3v) is 14.0. The van der Waals surface area contributed by atoms with Gasteiger partial charge in [-0.05, 0) is 162 Å². The lowest BCUT2D eigenvalue weighted by atomic mass is 9.85. The van der Waals surface area contributed by atoms with Gasteiger partial charge in [0, 0.05) is 0 Å². The van der Waals surface area contributed by atoms with Gasteiger partial charge in [-0.2, -0.15) is 0 Å². The van der Waals surface area contributed by atoms with Crippen molar-refractivity contribution in [3.63, 3.8) is 0 Å². The van der Waals surface area contributed by atoms with E-state index in [1.54, 1.807) is 0 Å². The highest BCUT2D eigenvalue weighted by Crippen LogP contribution is 2.46. The average Bonchev–Trinajstić information content (AvgIpc) is 3.42. The molecule has 13 aromatic carbocycles. The van der Waals surface area contributed by atoms with Crippen molar-refractivity contribution in [3.05, 3.63) is 267 Å². The molecule has 13 rings (SSSR count). The second-order valence-electron chi connectivity index (χ2n) is 17.9. The molecule has 0 heterocycles. The van der Waals surface area contributed by atoms with Crippen molar-refractivity contribution < 1.29 is 0 Å². The minimum absolute atomic E-state index is 1.19. The van der Waals surface area contributed by atoms with Crippen LogP contribution < -0.4 is 0 Å². The van der Waals surface area contributed by atoms with Gasteiger partial charge in [0.15, 0.2) is 0 Å². The zero-order valence-corrected chi connectivity index (χ0v) is 37.4. The normalized spacial score (nSPS) is 11.5. The smallest absolute Gasteiger partial charge is 0.00262 e. The fraction of sp³-hybridized carbons (Fsp3) is 0. The predicted molar refractivity (Wildman–Crippen MR) is 292 cm³/mol. The summed E-state index contributed by atoms with van der Waals surface area (Å²) < 4.78 is 0. The van der Waals surface area contributed by atoms with Crippen molar-refractivity contribution in [2.45, 2.75) is 0 Å². The summed E-state index contributed by atoms with van der Waals surface area (Å²) in [5, 5.41) is 12.6. The lowest BCUT2D eigenvalue weighted by Crippen LogP contribution is -1.91. The molecule has 68 heavy (non-hydrogen) atoms. The van der Waals surface area contributed by atoms with Gasteiger partial charge in [-0.3, -0.25) is 0 Å². The Morgan fingerprint density at radius 1 is 0.132 bits per heavy atom. The Balaban J connectivity index is 0.879. The molecule has 13 aromatic rings. The summed E-state index contributed by atoms with van der Waals surface area (Å²) in [7, 11) is 0. The van der Waals surface area contributed by atoms with Gasteiger partial charge in [0.25, 0.3) is 0 Å². The lowest BCUT2D eigenvalue weighted by molar-refractivity contribution is 1.57.